The number of ether oxygens (including phenoxy) is 1. The van der Waals surface area contributed by atoms with Gasteiger partial charge in [-0.1, -0.05) is 35.1 Å². The predicted octanol–water partition coefficient (Wildman–Crippen LogP) is 4.65. The molecule has 0 amide bonds. The minimum absolute atomic E-state index is 0.314. The van der Waals surface area contributed by atoms with Crippen molar-refractivity contribution in [2.24, 2.45) is 0 Å². The van der Waals surface area contributed by atoms with Crippen LogP contribution in [0.5, 0.6) is 0 Å². The van der Waals surface area contributed by atoms with E-state index in [9.17, 15) is 0 Å². The third kappa shape index (κ3) is 4.78. The average Bonchev–Trinajstić information content (AvgIpc) is 3.01. The van der Waals surface area contributed by atoms with Gasteiger partial charge in [0, 0.05) is 30.6 Å². The Kier molecular flexibility index (Phi) is 7.32. The summed E-state index contributed by atoms with van der Waals surface area (Å²) in [7, 11) is 0. The fourth-order valence-electron chi connectivity index (χ4n) is 2.36. The van der Waals surface area contributed by atoms with Gasteiger partial charge in [0.2, 0.25) is 0 Å². The summed E-state index contributed by atoms with van der Waals surface area (Å²) in [5, 5.41) is 4.40. The molecule has 0 aliphatic heterocycles. The average molecular weight is 413 g/mol. The van der Waals surface area contributed by atoms with Gasteiger partial charge in [0.15, 0.2) is 0 Å². The second-order valence-electron chi connectivity index (χ2n) is 5.57. The summed E-state index contributed by atoms with van der Waals surface area (Å²) in [6.07, 6.45) is 7.30. The summed E-state index contributed by atoms with van der Waals surface area (Å²) >= 11 is 2.42. The molecule has 0 aliphatic carbocycles. The summed E-state index contributed by atoms with van der Waals surface area (Å²) in [5.41, 5.74) is 3.15. The van der Waals surface area contributed by atoms with Crippen LogP contribution >= 0.6 is 22.6 Å². The van der Waals surface area contributed by atoms with Crippen molar-refractivity contribution in [1.29, 1.82) is 0 Å². The molecule has 0 fully saturated rings. The number of unbranched alkanes of at least 4 members (excludes halogenated alkanes) is 2. The lowest BCUT2D eigenvalue weighted by Gasteiger charge is -2.13. The summed E-state index contributed by atoms with van der Waals surface area (Å²) < 4.78 is 9.07. The highest BCUT2D eigenvalue weighted by Crippen LogP contribution is 2.24. The van der Waals surface area contributed by atoms with Crippen molar-refractivity contribution < 1.29 is 4.74 Å². The first-order valence-corrected chi connectivity index (χ1v) is 9.38. The molecule has 0 saturated carbocycles. The molecule has 5 heteroatoms. The number of pyridine rings is 1. The van der Waals surface area contributed by atoms with E-state index in [4.69, 9.17) is 4.74 Å². The van der Waals surface area contributed by atoms with Crippen LogP contribution < -0.4 is 0 Å². The van der Waals surface area contributed by atoms with Gasteiger partial charge in [0.25, 0.3) is 0 Å². The van der Waals surface area contributed by atoms with Crippen molar-refractivity contribution in [2.45, 2.75) is 45.8 Å². The molecule has 0 unspecified atom stereocenters. The second-order valence-corrected chi connectivity index (χ2v) is 6.65. The van der Waals surface area contributed by atoms with Gasteiger partial charge in [-0.3, -0.25) is 9.67 Å². The Morgan fingerprint density at radius 2 is 2.05 bits per heavy atom. The van der Waals surface area contributed by atoms with Gasteiger partial charge < -0.3 is 4.74 Å². The number of aromatic nitrogens is 3. The first-order valence-electron chi connectivity index (χ1n) is 7.85. The van der Waals surface area contributed by atoms with Crippen LogP contribution in [0.2, 0.25) is 0 Å². The molecule has 120 valence electrons. The van der Waals surface area contributed by atoms with Crippen LogP contribution in [-0.4, -0.2) is 25.8 Å². The van der Waals surface area contributed by atoms with E-state index in [-0.39, 0.29) is 0 Å². The number of alkyl halides is 1. The summed E-state index contributed by atoms with van der Waals surface area (Å²) in [6, 6.07) is 6.39. The molecule has 0 saturated heterocycles. The van der Waals surface area contributed by atoms with Crippen molar-refractivity contribution in [3.05, 3.63) is 36.2 Å². The normalized spacial score (nSPS) is 11.3. The maximum atomic E-state index is 5.83. The largest absolute Gasteiger partial charge is 0.377 e. The third-order valence-corrected chi connectivity index (χ3v) is 4.24. The van der Waals surface area contributed by atoms with Crippen molar-refractivity contribution in [1.82, 2.24) is 14.8 Å². The molecule has 4 nitrogen and oxygen atoms in total. The van der Waals surface area contributed by atoms with Gasteiger partial charge in [-0.2, -0.15) is 5.10 Å². The highest BCUT2D eigenvalue weighted by molar-refractivity contribution is 14.1. The number of hydrogen-bond donors (Lipinski definition) is 0. The minimum atomic E-state index is 0.314. The summed E-state index contributed by atoms with van der Waals surface area (Å²) in [5.74, 6) is 0. The Balaban J connectivity index is 2.02. The molecule has 0 spiro atoms. The molecule has 0 bridgehead atoms. The van der Waals surface area contributed by atoms with Gasteiger partial charge in [0.1, 0.15) is 0 Å². The second kappa shape index (κ2) is 9.25. The molecule has 22 heavy (non-hydrogen) atoms. The van der Waals surface area contributed by atoms with Crippen LogP contribution in [-0.2, 0) is 11.3 Å². The van der Waals surface area contributed by atoms with Gasteiger partial charge >= 0.3 is 0 Å². The van der Waals surface area contributed by atoms with E-state index in [0.29, 0.717) is 12.6 Å². The number of halogens is 1. The zero-order valence-corrected chi connectivity index (χ0v) is 15.5. The van der Waals surface area contributed by atoms with Gasteiger partial charge in [-0.25, -0.2) is 0 Å². The maximum Gasteiger partial charge on any atom is 0.0938 e. The van der Waals surface area contributed by atoms with Crippen molar-refractivity contribution >= 4 is 22.6 Å². The minimum Gasteiger partial charge on any atom is -0.377 e. The standard InChI is InChI=1S/C17H24IN3O/c1-14(2)21-16(8-11-20-21)17-15(7-6-10-19-17)13-22-12-5-3-4-9-18/h6-8,10-11,14H,3-5,9,12-13H2,1-2H3. The fourth-order valence-corrected chi connectivity index (χ4v) is 2.90. The van der Waals surface area contributed by atoms with Gasteiger partial charge in [-0.05, 0) is 43.2 Å². The highest BCUT2D eigenvalue weighted by atomic mass is 127. The Labute approximate surface area is 146 Å². The maximum absolute atomic E-state index is 5.83. The zero-order valence-electron chi connectivity index (χ0n) is 13.3. The lowest BCUT2D eigenvalue weighted by Crippen LogP contribution is -2.07. The lowest BCUT2D eigenvalue weighted by atomic mass is 10.1. The highest BCUT2D eigenvalue weighted by Gasteiger charge is 2.13. The van der Waals surface area contributed by atoms with Crippen LogP contribution in [0.3, 0.4) is 0 Å². The smallest absolute Gasteiger partial charge is 0.0938 e. The predicted molar refractivity (Wildman–Crippen MR) is 98.2 cm³/mol. The van der Waals surface area contributed by atoms with Crippen LogP contribution in [0, 0.1) is 0 Å². The number of nitrogens with zero attached hydrogens (tertiary/aromatic N) is 3. The summed E-state index contributed by atoms with van der Waals surface area (Å²) in [4.78, 5) is 4.55. The molecule has 0 N–H and O–H groups in total. The number of hydrogen-bond acceptors (Lipinski definition) is 3. The quantitative estimate of drug-likeness (QED) is 0.342. The zero-order chi connectivity index (χ0) is 15.8. The van der Waals surface area contributed by atoms with Crippen LogP contribution in [0.15, 0.2) is 30.6 Å². The Hall–Kier alpha value is -0.950. The van der Waals surface area contributed by atoms with E-state index >= 15 is 0 Å². The van der Waals surface area contributed by atoms with E-state index in [2.05, 4.69) is 52.6 Å². The van der Waals surface area contributed by atoms with Crippen LogP contribution in [0.1, 0.15) is 44.7 Å². The van der Waals surface area contributed by atoms with E-state index in [0.717, 1.165) is 30.0 Å². The van der Waals surface area contributed by atoms with E-state index in [1.54, 1.807) is 0 Å². The Morgan fingerprint density at radius 3 is 2.82 bits per heavy atom. The first kappa shape index (κ1) is 17.4. The van der Waals surface area contributed by atoms with Crippen LogP contribution in [0.4, 0.5) is 0 Å². The SMILES string of the molecule is CC(C)n1nccc1-c1ncccc1COCCCCCI. The monoisotopic (exact) mass is 413 g/mol. The molecular weight excluding hydrogens is 389 g/mol. The molecule has 0 aromatic carbocycles. The van der Waals surface area contributed by atoms with Crippen molar-refractivity contribution in [3.8, 4) is 11.4 Å². The van der Waals surface area contributed by atoms with E-state index in [1.165, 1.54) is 17.3 Å². The van der Waals surface area contributed by atoms with Gasteiger partial charge in [-0.15, -0.1) is 0 Å². The fraction of sp³-hybridized carbons (Fsp3) is 0.529. The molecule has 0 atom stereocenters. The van der Waals surface area contributed by atoms with Gasteiger partial charge in [0.05, 0.1) is 18.0 Å². The topological polar surface area (TPSA) is 39.9 Å². The number of rotatable bonds is 9. The molecule has 2 aromatic rings. The molecule has 0 aliphatic rings. The first-order chi connectivity index (χ1) is 10.7. The van der Waals surface area contributed by atoms with Crippen molar-refractivity contribution in [3.63, 3.8) is 0 Å². The van der Waals surface area contributed by atoms with Crippen LogP contribution in [0.25, 0.3) is 11.4 Å². The molecule has 2 rings (SSSR count). The van der Waals surface area contributed by atoms with E-state index in [1.807, 2.05) is 29.2 Å². The summed E-state index contributed by atoms with van der Waals surface area (Å²) in [6.45, 7) is 5.68. The lowest BCUT2D eigenvalue weighted by molar-refractivity contribution is 0.117. The molecule has 2 aromatic heterocycles. The van der Waals surface area contributed by atoms with Crippen molar-refractivity contribution in [2.75, 3.05) is 11.0 Å². The molecule has 0 radical (unpaired) electrons. The Morgan fingerprint density at radius 1 is 1.18 bits per heavy atom. The third-order valence-electron chi connectivity index (χ3n) is 3.47. The molecule has 2 heterocycles. The van der Waals surface area contributed by atoms with E-state index < -0.39 is 0 Å². The molecular formula is C17H24IN3O. The Bertz CT molecular complexity index is 569.